The number of aromatic nitrogens is 4. The van der Waals surface area contributed by atoms with Crippen molar-refractivity contribution in [1.29, 1.82) is 0 Å². The zero-order valence-electron chi connectivity index (χ0n) is 18.8. The highest BCUT2D eigenvalue weighted by atomic mass is 19.1. The van der Waals surface area contributed by atoms with Crippen LogP contribution in [0.2, 0.25) is 0 Å². The van der Waals surface area contributed by atoms with Crippen LogP contribution < -0.4 is 11.1 Å². The summed E-state index contributed by atoms with van der Waals surface area (Å²) in [5.41, 5.74) is 8.03. The monoisotopic (exact) mass is 463 g/mol. The van der Waals surface area contributed by atoms with Crippen molar-refractivity contribution < 1.29 is 8.78 Å². The minimum absolute atomic E-state index is 0.0254. The lowest BCUT2D eigenvalue weighted by molar-refractivity contribution is 0.237. The van der Waals surface area contributed by atoms with E-state index in [0.717, 1.165) is 43.4 Å². The van der Waals surface area contributed by atoms with E-state index in [1.807, 2.05) is 30.3 Å². The van der Waals surface area contributed by atoms with Crippen LogP contribution in [-0.4, -0.2) is 50.8 Å². The van der Waals surface area contributed by atoms with E-state index in [1.54, 1.807) is 4.68 Å². The van der Waals surface area contributed by atoms with Crippen LogP contribution in [0, 0.1) is 11.6 Å². The molecule has 3 N–H and O–H groups in total. The van der Waals surface area contributed by atoms with Gasteiger partial charge in [-0.2, -0.15) is 4.98 Å². The van der Waals surface area contributed by atoms with Crippen LogP contribution in [0.4, 0.5) is 20.5 Å². The van der Waals surface area contributed by atoms with Crippen LogP contribution in [-0.2, 0) is 6.54 Å². The molecule has 0 bridgehead atoms. The standard InChI is InChI=1S/C25H27F2N7/c26-18-9-10-20(27)19(15-18)22-21-23(28)34(16-17-7-3-1-4-8-17)32-24(21)31-25(30-22)29-11-14-33-12-5-2-6-13-33/h1,3-4,7-10,15H,2,5-6,11-14,16,28H2,(H,29,31,32). The van der Waals surface area contributed by atoms with Gasteiger partial charge >= 0.3 is 0 Å². The predicted octanol–water partition coefficient (Wildman–Crippen LogP) is 4.30. The summed E-state index contributed by atoms with van der Waals surface area (Å²) in [6.45, 7) is 4.09. The Labute approximate surface area is 196 Å². The van der Waals surface area contributed by atoms with Crippen LogP contribution in [0.3, 0.4) is 0 Å². The van der Waals surface area contributed by atoms with E-state index in [1.165, 1.54) is 19.3 Å². The van der Waals surface area contributed by atoms with Gasteiger partial charge in [0.2, 0.25) is 5.95 Å². The highest BCUT2D eigenvalue weighted by Crippen LogP contribution is 2.33. The molecule has 5 rings (SSSR count). The van der Waals surface area contributed by atoms with Gasteiger partial charge in [0, 0.05) is 18.7 Å². The molecule has 176 valence electrons. The molecule has 1 fully saturated rings. The molecule has 1 saturated heterocycles. The topological polar surface area (TPSA) is 84.9 Å². The Morgan fingerprint density at radius 1 is 0.971 bits per heavy atom. The molecule has 2 aromatic heterocycles. The lowest BCUT2D eigenvalue weighted by Crippen LogP contribution is -2.33. The number of benzene rings is 2. The molecule has 0 aliphatic carbocycles. The fourth-order valence-electron chi connectivity index (χ4n) is 4.39. The summed E-state index contributed by atoms with van der Waals surface area (Å²) in [7, 11) is 0. The van der Waals surface area contributed by atoms with Gasteiger partial charge in [-0.05, 0) is 49.7 Å². The van der Waals surface area contributed by atoms with Gasteiger partial charge < -0.3 is 16.0 Å². The first-order valence-corrected chi connectivity index (χ1v) is 11.6. The highest BCUT2D eigenvalue weighted by Gasteiger charge is 2.21. The number of rotatable bonds is 7. The van der Waals surface area contributed by atoms with Gasteiger partial charge in [-0.15, -0.1) is 5.10 Å². The molecule has 0 spiro atoms. The first-order valence-electron chi connectivity index (χ1n) is 11.6. The third-order valence-electron chi connectivity index (χ3n) is 6.16. The molecule has 4 aromatic rings. The Morgan fingerprint density at radius 2 is 1.76 bits per heavy atom. The molecule has 0 radical (unpaired) electrons. The van der Waals surface area contributed by atoms with Crippen LogP contribution in [0.1, 0.15) is 24.8 Å². The molecule has 1 aliphatic rings. The Balaban J connectivity index is 1.52. The number of nitrogens with two attached hydrogens (primary N) is 1. The Hall–Kier alpha value is -3.59. The number of nitrogens with zero attached hydrogens (tertiary/aromatic N) is 5. The van der Waals surface area contributed by atoms with E-state index in [2.05, 4.69) is 25.3 Å². The Morgan fingerprint density at radius 3 is 2.56 bits per heavy atom. The third-order valence-corrected chi connectivity index (χ3v) is 6.16. The van der Waals surface area contributed by atoms with E-state index >= 15 is 0 Å². The predicted molar refractivity (Wildman–Crippen MR) is 129 cm³/mol. The van der Waals surface area contributed by atoms with Crippen molar-refractivity contribution in [2.45, 2.75) is 25.8 Å². The summed E-state index contributed by atoms with van der Waals surface area (Å²) in [6, 6.07) is 13.0. The minimum Gasteiger partial charge on any atom is -0.383 e. The van der Waals surface area contributed by atoms with Gasteiger partial charge in [-0.1, -0.05) is 36.8 Å². The average molecular weight is 464 g/mol. The SMILES string of the molecule is Nc1c2c(-c3cc(F)ccc3F)nc(NCCN3CCCCC3)nc2nn1Cc1ccccc1. The molecule has 1 aliphatic heterocycles. The van der Waals surface area contributed by atoms with Crippen molar-refractivity contribution >= 4 is 22.8 Å². The van der Waals surface area contributed by atoms with E-state index < -0.39 is 11.6 Å². The zero-order valence-corrected chi connectivity index (χ0v) is 18.8. The van der Waals surface area contributed by atoms with Crippen molar-refractivity contribution in [3.63, 3.8) is 0 Å². The number of hydrogen-bond acceptors (Lipinski definition) is 6. The zero-order chi connectivity index (χ0) is 23.5. The summed E-state index contributed by atoms with van der Waals surface area (Å²) in [5, 5.41) is 8.22. The maximum absolute atomic E-state index is 14.8. The Bertz CT molecular complexity index is 1280. The summed E-state index contributed by atoms with van der Waals surface area (Å²) < 4.78 is 30.4. The number of anilines is 2. The molecule has 0 atom stereocenters. The molecule has 2 aromatic carbocycles. The fraction of sp³-hybridized carbons (Fsp3) is 0.320. The maximum Gasteiger partial charge on any atom is 0.225 e. The van der Waals surface area contributed by atoms with Gasteiger partial charge in [-0.25, -0.2) is 18.4 Å². The quantitative estimate of drug-likeness (QED) is 0.425. The summed E-state index contributed by atoms with van der Waals surface area (Å²) in [6.07, 6.45) is 3.70. The third kappa shape index (κ3) is 4.70. The number of piperidine rings is 1. The van der Waals surface area contributed by atoms with Gasteiger partial charge in [-0.3, -0.25) is 0 Å². The normalized spacial score (nSPS) is 14.5. The van der Waals surface area contributed by atoms with Crippen LogP contribution in [0.15, 0.2) is 48.5 Å². The summed E-state index contributed by atoms with van der Waals surface area (Å²) >= 11 is 0. The second-order valence-corrected chi connectivity index (χ2v) is 8.58. The van der Waals surface area contributed by atoms with Gasteiger partial charge in [0.25, 0.3) is 0 Å². The summed E-state index contributed by atoms with van der Waals surface area (Å²) in [5.74, 6) is -0.529. The van der Waals surface area contributed by atoms with Gasteiger partial charge in [0.1, 0.15) is 17.5 Å². The first kappa shape index (κ1) is 22.2. The fourth-order valence-corrected chi connectivity index (χ4v) is 4.39. The molecular weight excluding hydrogens is 436 g/mol. The molecule has 0 amide bonds. The van der Waals surface area contributed by atoms with Gasteiger partial charge in [0.15, 0.2) is 5.65 Å². The second kappa shape index (κ2) is 9.72. The van der Waals surface area contributed by atoms with Crippen LogP contribution in [0.25, 0.3) is 22.3 Å². The molecule has 9 heteroatoms. The number of hydrogen-bond donors (Lipinski definition) is 2. The molecule has 3 heterocycles. The number of halogens is 2. The van der Waals surface area contributed by atoms with Crippen molar-refractivity contribution in [3.05, 3.63) is 65.7 Å². The van der Waals surface area contributed by atoms with Crippen LogP contribution >= 0.6 is 0 Å². The number of nitrogen functional groups attached to an aromatic ring is 1. The van der Waals surface area contributed by atoms with Crippen LogP contribution in [0.5, 0.6) is 0 Å². The lowest BCUT2D eigenvalue weighted by Gasteiger charge is -2.26. The van der Waals surface area contributed by atoms with E-state index in [4.69, 9.17) is 5.73 Å². The van der Waals surface area contributed by atoms with Crippen molar-refractivity contribution in [2.75, 3.05) is 37.2 Å². The van der Waals surface area contributed by atoms with Crippen molar-refractivity contribution in [2.24, 2.45) is 0 Å². The largest absolute Gasteiger partial charge is 0.383 e. The number of fused-ring (bicyclic) bond motifs is 1. The summed E-state index contributed by atoms with van der Waals surface area (Å²) in [4.78, 5) is 11.5. The van der Waals surface area contributed by atoms with Gasteiger partial charge in [0.05, 0.1) is 17.6 Å². The van der Waals surface area contributed by atoms with E-state index in [0.29, 0.717) is 35.9 Å². The van der Waals surface area contributed by atoms with Crippen molar-refractivity contribution in [1.82, 2.24) is 24.6 Å². The molecular formula is C25H27F2N7. The van der Waals surface area contributed by atoms with E-state index in [9.17, 15) is 8.78 Å². The number of nitrogens with one attached hydrogen (secondary N) is 1. The minimum atomic E-state index is -0.587. The second-order valence-electron chi connectivity index (χ2n) is 8.58. The highest BCUT2D eigenvalue weighted by molar-refractivity contribution is 5.99. The average Bonchev–Trinajstić information content (AvgIpc) is 3.16. The lowest BCUT2D eigenvalue weighted by atomic mass is 10.1. The number of likely N-dealkylation sites (tertiary alicyclic amines) is 1. The first-order chi connectivity index (χ1) is 16.6. The van der Waals surface area contributed by atoms with Crippen molar-refractivity contribution in [3.8, 4) is 11.3 Å². The molecule has 34 heavy (non-hydrogen) atoms. The smallest absolute Gasteiger partial charge is 0.225 e. The molecule has 7 nitrogen and oxygen atoms in total. The molecule has 0 saturated carbocycles. The Kier molecular flexibility index (Phi) is 6.35. The maximum atomic E-state index is 14.8. The van der Waals surface area contributed by atoms with E-state index in [-0.39, 0.29) is 11.3 Å². The molecule has 0 unspecified atom stereocenters.